The molecule has 0 spiro atoms. The molecule has 1 aliphatic rings. The lowest BCUT2D eigenvalue weighted by atomic mass is 10.0. The molecule has 1 saturated heterocycles. The van der Waals surface area contributed by atoms with Crippen LogP contribution < -0.4 is 0 Å². The topological polar surface area (TPSA) is 178 Å². The van der Waals surface area contributed by atoms with Gasteiger partial charge >= 0.3 is 0 Å². The molecule has 0 aliphatic carbocycles. The lowest BCUT2D eigenvalue weighted by Gasteiger charge is -2.27. The van der Waals surface area contributed by atoms with Crippen LogP contribution in [0.5, 0.6) is 0 Å². The second kappa shape index (κ2) is 11.4. The fourth-order valence-electron chi connectivity index (χ4n) is 4.63. The van der Waals surface area contributed by atoms with Gasteiger partial charge in [-0.1, -0.05) is 42.5 Å². The molecule has 0 bridgehead atoms. The minimum atomic E-state index is -4.40. The highest BCUT2D eigenvalue weighted by Gasteiger charge is 2.33. The van der Waals surface area contributed by atoms with Crippen molar-refractivity contribution in [1.82, 2.24) is 14.1 Å². The van der Waals surface area contributed by atoms with Crippen LogP contribution in [0.4, 0.5) is 11.4 Å². The molecule has 0 N–H and O–H groups in total. The molecule has 3 aromatic rings. The summed E-state index contributed by atoms with van der Waals surface area (Å²) in [5.41, 5.74) is -0.626. The zero-order valence-corrected chi connectivity index (χ0v) is 22.1. The summed E-state index contributed by atoms with van der Waals surface area (Å²) < 4.78 is 27.3. The van der Waals surface area contributed by atoms with E-state index in [0.717, 1.165) is 32.8 Å². The Labute approximate surface area is 229 Å². The van der Waals surface area contributed by atoms with E-state index >= 15 is 0 Å². The molecule has 204 valence electrons. The highest BCUT2D eigenvalue weighted by molar-refractivity contribution is 7.89. The predicted octanol–water partition coefficient (Wildman–Crippen LogP) is 3.35. The molecule has 0 aromatic heterocycles. The number of nitro benzene ring substituents is 2. The van der Waals surface area contributed by atoms with Gasteiger partial charge in [-0.3, -0.25) is 20.2 Å². The lowest BCUT2D eigenvalue weighted by molar-refractivity contribution is -0.396. The van der Waals surface area contributed by atoms with Crippen molar-refractivity contribution in [3.05, 3.63) is 97.8 Å². The Kier molecular flexibility index (Phi) is 7.95. The number of hydrogen-bond donors (Lipinski definition) is 0. The van der Waals surface area contributed by atoms with E-state index < -0.39 is 36.1 Å². The van der Waals surface area contributed by atoms with Gasteiger partial charge in [0.05, 0.1) is 15.9 Å². The minimum absolute atomic E-state index is 0.0880. The maximum atomic E-state index is 13.2. The maximum Gasteiger partial charge on any atom is 0.296 e. The van der Waals surface area contributed by atoms with E-state index in [1.54, 1.807) is 4.90 Å². The Morgan fingerprint density at radius 2 is 1.65 bits per heavy atom. The monoisotopic (exact) mass is 561 g/mol. The summed E-state index contributed by atoms with van der Waals surface area (Å²) >= 11 is 0. The maximum absolute atomic E-state index is 13.2. The molecular formula is C26H23N7O6S. The lowest BCUT2D eigenvalue weighted by Crippen LogP contribution is -2.36. The number of non-ortho nitro benzene ring substituents is 1. The number of fused-ring (bicyclic) bond motifs is 1. The van der Waals surface area contributed by atoms with Crippen LogP contribution in [0.2, 0.25) is 0 Å². The van der Waals surface area contributed by atoms with Crippen molar-refractivity contribution in [1.29, 1.82) is 10.5 Å². The van der Waals surface area contributed by atoms with Crippen LogP contribution in [0.25, 0.3) is 10.8 Å². The molecule has 0 amide bonds. The van der Waals surface area contributed by atoms with E-state index in [4.69, 9.17) is 0 Å². The number of hydrogen-bond acceptors (Lipinski definition) is 10. The van der Waals surface area contributed by atoms with Crippen LogP contribution in [-0.2, 0) is 16.6 Å². The van der Waals surface area contributed by atoms with Gasteiger partial charge in [-0.05, 0) is 22.4 Å². The third-order valence-electron chi connectivity index (χ3n) is 6.65. The highest BCUT2D eigenvalue weighted by atomic mass is 32.2. The molecule has 3 aromatic carbocycles. The Bertz CT molecular complexity index is 1700. The Balaban J connectivity index is 1.58. The zero-order valence-electron chi connectivity index (χ0n) is 21.3. The van der Waals surface area contributed by atoms with Gasteiger partial charge in [0.2, 0.25) is 10.0 Å². The zero-order chi connectivity index (χ0) is 29.0. The first-order valence-electron chi connectivity index (χ1n) is 12.0. The van der Waals surface area contributed by atoms with Crippen molar-refractivity contribution in [2.45, 2.75) is 11.4 Å². The smallest absolute Gasteiger partial charge is 0.296 e. The number of nitrogens with zero attached hydrogens (tertiary/aromatic N) is 7. The molecule has 1 aliphatic heterocycles. The van der Waals surface area contributed by atoms with E-state index in [2.05, 4.69) is 0 Å². The molecular weight excluding hydrogens is 538 g/mol. The summed E-state index contributed by atoms with van der Waals surface area (Å²) in [6.45, 7) is 1.27. The van der Waals surface area contributed by atoms with Crippen molar-refractivity contribution in [2.24, 2.45) is 0 Å². The normalized spacial score (nSPS) is 13.3. The van der Waals surface area contributed by atoms with Gasteiger partial charge in [0, 0.05) is 45.8 Å². The molecule has 1 heterocycles. The van der Waals surface area contributed by atoms with Gasteiger partial charge in [0.15, 0.2) is 10.5 Å². The molecule has 0 unspecified atom stereocenters. The number of sulfonamides is 1. The fraction of sp³-hybridized carbons (Fsp3) is 0.231. The van der Waals surface area contributed by atoms with Crippen LogP contribution in [0.1, 0.15) is 5.56 Å². The van der Waals surface area contributed by atoms with E-state index in [-0.39, 0.29) is 18.7 Å². The second-order valence-electron chi connectivity index (χ2n) is 8.96. The molecule has 40 heavy (non-hydrogen) atoms. The Morgan fingerprint density at radius 1 is 0.975 bits per heavy atom. The van der Waals surface area contributed by atoms with Crippen LogP contribution >= 0.6 is 0 Å². The van der Waals surface area contributed by atoms with Crippen molar-refractivity contribution < 1.29 is 18.3 Å². The van der Waals surface area contributed by atoms with Crippen molar-refractivity contribution in [3.8, 4) is 12.1 Å². The van der Waals surface area contributed by atoms with Gasteiger partial charge in [0.1, 0.15) is 18.0 Å². The third-order valence-corrected chi connectivity index (χ3v) is 8.55. The number of nitriles is 2. The number of likely N-dealkylation sites (N-methyl/N-ethyl adjacent to an activating group) is 1. The van der Waals surface area contributed by atoms with Crippen molar-refractivity contribution in [3.63, 3.8) is 0 Å². The van der Waals surface area contributed by atoms with Crippen LogP contribution in [0.3, 0.4) is 0 Å². The average Bonchev–Trinajstić information content (AvgIpc) is 3.34. The summed E-state index contributed by atoms with van der Waals surface area (Å²) in [5.74, 6) is 0.380. The Hall–Kier alpha value is -5.05. The minimum Gasteiger partial charge on any atom is -0.353 e. The summed E-state index contributed by atoms with van der Waals surface area (Å²) in [5, 5.41) is 43.9. The van der Waals surface area contributed by atoms with E-state index in [0.29, 0.717) is 31.5 Å². The highest BCUT2D eigenvalue weighted by Crippen LogP contribution is 2.31. The average molecular weight is 562 g/mol. The molecule has 0 radical (unpaired) electrons. The van der Waals surface area contributed by atoms with Crippen LogP contribution in [0.15, 0.2) is 77.0 Å². The molecule has 4 rings (SSSR count). The first-order chi connectivity index (χ1) is 19.1. The number of allylic oxidation sites excluding steroid dienone is 1. The fourth-order valence-corrected chi connectivity index (χ4v) is 5.93. The van der Waals surface area contributed by atoms with Crippen LogP contribution in [0, 0.1) is 42.9 Å². The molecule has 0 saturated carbocycles. The predicted molar refractivity (Wildman–Crippen MR) is 144 cm³/mol. The van der Waals surface area contributed by atoms with Crippen molar-refractivity contribution >= 4 is 32.2 Å². The van der Waals surface area contributed by atoms with Crippen molar-refractivity contribution in [2.75, 3.05) is 33.2 Å². The van der Waals surface area contributed by atoms with Gasteiger partial charge in [-0.2, -0.15) is 14.8 Å². The molecule has 0 atom stereocenters. The molecule has 13 nitrogen and oxygen atoms in total. The summed E-state index contributed by atoms with van der Waals surface area (Å²) in [6, 6.07) is 20.0. The van der Waals surface area contributed by atoms with Gasteiger partial charge < -0.3 is 9.80 Å². The summed E-state index contributed by atoms with van der Waals surface area (Å²) in [6.07, 6.45) is 0. The number of benzene rings is 3. The van der Waals surface area contributed by atoms with E-state index in [9.17, 15) is 39.2 Å². The first kappa shape index (κ1) is 28.0. The standard InChI is InChI=1S/C26H23N7O6S/c1-29(40(38,39)25-10-9-22(32(34)35)15-24(25)33(36)37)11-12-30-13-14-31(26(30)21(16-27)17-28)18-20-7-4-6-19-5-2-3-8-23(19)20/h2-10,15H,11-14,18H2,1H3. The second-order valence-corrected chi connectivity index (χ2v) is 11.0. The first-order valence-corrected chi connectivity index (χ1v) is 13.4. The quantitative estimate of drug-likeness (QED) is 0.214. The van der Waals surface area contributed by atoms with Gasteiger partial charge in [-0.25, -0.2) is 8.42 Å². The van der Waals surface area contributed by atoms with E-state index in [1.807, 2.05) is 59.5 Å². The largest absolute Gasteiger partial charge is 0.353 e. The van der Waals surface area contributed by atoms with Gasteiger partial charge in [0.25, 0.3) is 11.4 Å². The van der Waals surface area contributed by atoms with Crippen LogP contribution in [-0.4, -0.2) is 65.6 Å². The summed E-state index contributed by atoms with van der Waals surface area (Å²) in [7, 11) is -3.16. The SMILES string of the molecule is CN(CCN1CCN(Cc2cccc3ccccc23)C1=C(C#N)C#N)S(=O)(=O)c1ccc([N+](=O)[O-])cc1[N+](=O)[O-]. The molecule has 14 heteroatoms. The number of nitro groups is 2. The van der Waals surface area contributed by atoms with Gasteiger partial charge in [-0.15, -0.1) is 0 Å². The summed E-state index contributed by atoms with van der Waals surface area (Å²) in [4.78, 5) is 23.7. The third kappa shape index (κ3) is 5.40. The van der Waals surface area contributed by atoms with E-state index in [1.165, 1.54) is 7.05 Å². The molecule has 1 fully saturated rings. The number of rotatable bonds is 9. The Morgan fingerprint density at radius 3 is 2.33 bits per heavy atom.